The third-order valence-electron chi connectivity index (χ3n) is 2.95. The van der Waals surface area contributed by atoms with E-state index < -0.39 is 5.60 Å². The summed E-state index contributed by atoms with van der Waals surface area (Å²) in [7, 11) is 0. The number of nitrogens with one attached hydrogen (secondary N) is 1. The Morgan fingerprint density at radius 3 is 2.53 bits per heavy atom. The first-order valence-electron chi connectivity index (χ1n) is 7.01. The topological polar surface area (TPSA) is 48.4 Å². The van der Waals surface area contributed by atoms with Crippen molar-refractivity contribution in [3.8, 4) is 0 Å². The van der Waals surface area contributed by atoms with Crippen molar-refractivity contribution in [3.05, 3.63) is 23.4 Å². The zero-order valence-corrected chi connectivity index (χ0v) is 12.8. The van der Waals surface area contributed by atoms with Crippen LogP contribution < -0.4 is 10.2 Å². The number of aromatic nitrogens is 1. The van der Waals surface area contributed by atoms with Gasteiger partial charge in [0, 0.05) is 25.8 Å². The Labute approximate surface area is 116 Å². The van der Waals surface area contributed by atoms with E-state index in [1.807, 2.05) is 20.0 Å². The van der Waals surface area contributed by atoms with Gasteiger partial charge in [0.2, 0.25) is 0 Å². The van der Waals surface area contributed by atoms with Crippen LogP contribution in [-0.2, 0) is 6.54 Å². The molecule has 0 aliphatic rings. The molecule has 1 heterocycles. The predicted octanol–water partition coefficient (Wildman–Crippen LogP) is 2.10. The van der Waals surface area contributed by atoms with E-state index in [2.05, 4.69) is 42.0 Å². The molecule has 0 fully saturated rings. The Balaban J connectivity index is 2.87. The summed E-state index contributed by atoms with van der Waals surface area (Å²) in [6.07, 6.45) is 1.91. The van der Waals surface area contributed by atoms with Gasteiger partial charge in [-0.15, -0.1) is 0 Å². The number of pyridine rings is 1. The molecule has 0 aliphatic carbocycles. The van der Waals surface area contributed by atoms with Crippen LogP contribution in [0.5, 0.6) is 0 Å². The molecule has 0 bridgehead atoms. The van der Waals surface area contributed by atoms with E-state index in [1.165, 1.54) is 5.56 Å². The molecule has 108 valence electrons. The molecule has 0 unspecified atom stereocenters. The van der Waals surface area contributed by atoms with Crippen LogP contribution in [0.15, 0.2) is 12.3 Å². The maximum absolute atomic E-state index is 9.96. The van der Waals surface area contributed by atoms with Gasteiger partial charge in [0.25, 0.3) is 0 Å². The highest BCUT2D eigenvalue weighted by Gasteiger charge is 2.19. The standard InChI is InChI=1S/C15H27N3O/c1-6-16-9-13-8-12(3)14(17-10-13)18(7-2)11-15(4,5)19/h8,10,16,19H,6-7,9,11H2,1-5H3. The third-order valence-corrected chi connectivity index (χ3v) is 2.95. The smallest absolute Gasteiger partial charge is 0.131 e. The van der Waals surface area contributed by atoms with E-state index in [-0.39, 0.29) is 0 Å². The Hall–Kier alpha value is -1.13. The van der Waals surface area contributed by atoms with Crippen molar-refractivity contribution < 1.29 is 5.11 Å². The molecule has 0 atom stereocenters. The molecule has 0 saturated heterocycles. The number of aryl methyl sites for hydroxylation is 1. The number of likely N-dealkylation sites (N-methyl/N-ethyl adjacent to an activating group) is 1. The molecule has 1 rings (SSSR count). The van der Waals surface area contributed by atoms with Crippen molar-refractivity contribution in [3.63, 3.8) is 0 Å². The van der Waals surface area contributed by atoms with E-state index >= 15 is 0 Å². The molecule has 0 aliphatic heterocycles. The van der Waals surface area contributed by atoms with Gasteiger partial charge < -0.3 is 15.3 Å². The second-order valence-electron chi connectivity index (χ2n) is 5.59. The van der Waals surface area contributed by atoms with Crippen molar-refractivity contribution in [1.29, 1.82) is 0 Å². The summed E-state index contributed by atoms with van der Waals surface area (Å²) in [5.41, 5.74) is 1.64. The van der Waals surface area contributed by atoms with Crippen molar-refractivity contribution in [2.24, 2.45) is 0 Å². The lowest BCUT2D eigenvalue weighted by atomic mass is 10.1. The van der Waals surface area contributed by atoms with Gasteiger partial charge in [-0.2, -0.15) is 0 Å². The largest absolute Gasteiger partial charge is 0.389 e. The van der Waals surface area contributed by atoms with Gasteiger partial charge in [0.15, 0.2) is 0 Å². The summed E-state index contributed by atoms with van der Waals surface area (Å²) in [6, 6.07) is 2.16. The molecular formula is C15H27N3O. The second-order valence-corrected chi connectivity index (χ2v) is 5.59. The maximum Gasteiger partial charge on any atom is 0.131 e. The summed E-state index contributed by atoms with van der Waals surface area (Å²) in [6.45, 7) is 13.1. The average Bonchev–Trinajstić information content (AvgIpc) is 2.33. The summed E-state index contributed by atoms with van der Waals surface area (Å²) >= 11 is 0. The van der Waals surface area contributed by atoms with Crippen LogP contribution >= 0.6 is 0 Å². The minimum atomic E-state index is -0.716. The highest BCUT2D eigenvalue weighted by atomic mass is 16.3. The van der Waals surface area contributed by atoms with Gasteiger partial charge in [0.1, 0.15) is 5.82 Å². The van der Waals surface area contributed by atoms with Crippen LogP contribution in [0.2, 0.25) is 0 Å². The number of anilines is 1. The Bertz CT molecular complexity index is 399. The molecule has 0 radical (unpaired) electrons. The predicted molar refractivity (Wildman–Crippen MR) is 80.5 cm³/mol. The second kappa shape index (κ2) is 6.87. The van der Waals surface area contributed by atoms with Gasteiger partial charge in [-0.1, -0.05) is 6.92 Å². The lowest BCUT2D eigenvalue weighted by Crippen LogP contribution is -2.39. The van der Waals surface area contributed by atoms with Gasteiger partial charge in [0.05, 0.1) is 5.60 Å². The zero-order chi connectivity index (χ0) is 14.5. The summed E-state index contributed by atoms with van der Waals surface area (Å²) in [5, 5.41) is 13.3. The van der Waals surface area contributed by atoms with Crippen molar-refractivity contribution >= 4 is 5.82 Å². The molecule has 2 N–H and O–H groups in total. The zero-order valence-electron chi connectivity index (χ0n) is 12.8. The monoisotopic (exact) mass is 265 g/mol. The summed E-state index contributed by atoms with van der Waals surface area (Å²) in [5.74, 6) is 0.963. The number of nitrogens with zero attached hydrogens (tertiary/aromatic N) is 2. The van der Waals surface area contributed by atoms with Crippen LogP contribution in [0.25, 0.3) is 0 Å². The highest BCUT2D eigenvalue weighted by Crippen LogP contribution is 2.20. The average molecular weight is 265 g/mol. The van der Waals surface area contributed by atoms with Gasteiger partial charge in [-0.05, 0) is 51.4 Å². The molecule has 0 saturated carbocycles. The lowest BCUT2D eigenvalue weighted by Gasteiger charge is -2.30. The Kier molecular flexibility index (Phi) is 5.76. The first-order valence-corrected chi connectivity index (χ1v) is 7.01. The molecule has 1 aromatic rings. The fraction of sp³-hybridized carbons (Fsp3) is 0.667. The minimum absolute atomic E-state index is 0.587. The fourth-order valence-corrected chi connectivity index (χ4v) is 2.13. The van der Waals surface area contributed by atoms with Gasteiger partial charge >= 0.3 is 0 Å². The normalized spacial score (nSPS) is 11.7. The quantitative estimate of drug-likeness (QED) is 0.792. The highest BCUT2D eigenvalue weighted by molar-refractivity contribution is 5.47. The molecule has 1 aromatic heterocycles. The third kappa shape index (κ3) is 5.17. The molecule has 4 heteroatoms. The molecule has 0 amide bonds. The Morgan fingerprint density at radius 1 is 1.37 bits per heavy atom. The SMILES string of the molecule is CCNCc1cnc(N(CC)CC(C)(C)O)c(C)c1. The van der Waals surface area contributed by atoms with E-state index in [1.54, 1.807) is 0 Å². The van der Waals surface area contributed by atoms with E-state index in [0.717, 1.165) is 31.0 Å². The van der Waals surface area contributed by atoms with Crippen LogP contribution in [-0.4, -0.2) is 35.3 Å². The van der Waals surface area contributed by atoms with E-state index in [9.17, 15) is 5.11 Å². The minimum Gasteiger partial charge on any atom is -0.389 e. The first kappa shape index (κ1) is 15.9. The van der Waals surface area contributed by atoms with E-state index in [0.29, 0.717) is 6.54 Å². The molecule has 4 nitrogen and oxygen atoms in total. The lowest BCUT2D eigenvalue weighted by molar-refractivity contribution is 0.0874. The summed E-state index contributed by atoms with van der Waals surface area (Å²) < 4.78 is 0. The summed E-state index contributed by atoms with van der Waals surface area (Å²) in [4.78, 5) is 6.68. The van der Waals surface area contributed by atoms with Gasteiger partial charge in [-0.25, -0.2) is 4.98 Å². The molecule has 19 heavy (non-hydrogen) atoms. The van der Waals surface area contributed by atoms with Gasteiger partial charge in [-0.3, -0.25) is 0 Å². The van der Waals surface area contributed by atoms with Crippen molar-refractivity contribution in [2.45, 2.75) is 46.8 Å². The first-order chi connectivity index (χ1) is 8.87. The Morgan fingerprint density at radius 2 is 2.05 bits per heavy atom. The number of rotatable bonds is 7. The van der Waals surface area contributed by atoms with Crippen LogP contribution in [0.3, 0.4) is 0 Å². The molecular weight excluding hydrogens is 238 g/mol. The van der Waals surface area contributed by atoms with Crippen molar-refractivity contribution in [1.82, 2.24) is 10.3 Å². The van der Waals surface area contributed by atoms with Crippen LogP contribution in [0.4, 0.5) is 5.82 Å². The van der Waals surface area contributed by atoms with E-state index in [4.69, 9.17) is 0 Å². The van der Waals surface area contributed by atoms with Crippen LogP contribution in [0.1, 0.15) is 38.8 Å². The number of hydrogen-bond donors (Lipinski definition) is 2. The maximum atomic E-state index is 9.96. The van der Waals surface area contributed by atoms with Crippen LogP contribution in [0, 0.1) is 6.92 Å². The van der Waals surface area contributed by atoms with Crippen molar-refractivity contribution in [2.75, 3.05) is 24.5 Å². The molecule has 0 spiro atoms. The number of aliphatic hydroxyl groups is 1. The molecule has 0 aromatic carbocycles. The fourth-order valence-electron chi connectivity index (χ4n) is 2.13. The number of hydrogen-bond acceptors (Lipinski definition) is 4.